The van der Waals surface area contributed by atoms with E-state index in [2.05, 4.69) is 52.2 Å². The summed E-state index contributed by atoms with van der Waals surface area (Å²) in [5.74, 6) is 0.450. The second kappa shape index (κ2) is 8.48. The van der Waals surface area contributed by atoms with Gasteiger partial charge in [0.1, 0.15) is 0 Å². The predicted octanol–water partition coefficient (Wildman–Crippen LogP) is 5.24. The summed E-state index contributed by atoms with van der Waals surface area (Å²) in [4.78, 5) is 17.5. The van der Waals surface area contributed by atoms with E-state index in [-0.39, 0.29) is 5.91 Å². The van der Waals surface area contributed by atoms with Gasteiger partial charge in [-0.2, -0.15) is 0 Å². The molecule has 134 valence electrons. The number of carbonyl (C=O) groups is 1. The largest absolute Gasteiger partial charge is 0.491 e. The summed E-state index contributed by atoms with van der Waals surface area (Å²) in [6, 6.07) is 6.14. The van der Waals surface area contributed by atoms with Crippen molar-refractivity contribution in [1.82, 2.24) is 4.98 Å². The van der Waals surface area contributed by atoms with E-state index in [0.29, 0.717) is 28.1 Å². The molecular formula is C20H25BrN2O2. The fourth-order valence-corrected chi connectivity index (χ4v) is 3.81. The summed E-state index contributed by atoms with van der Waals surface area (Å²) in [5.41, 5.74) is 5.13. The van der Waals surface area contributed by atoms with Gasteiger partial charge in [-0.15, -0.1) is 0 Å². The summed E-state index contributed by atoms with van der Waals surface area (Å²) >= 11 is 3.54. The third-order valence-electron chi connectivity index (χ3n) is 4.20. The number of carbonyl (C=O) groups excluding carboxylic acids is 1. The number of amides is 1. The number of halogens is 1. The number of benzene rings is 1. The lowest BCUT2D eigenvalue weighted by molar-refractivity contribution is 0.102. The van der Waals surface area contributed by atoms with Gasteiger partial charge < -0.3 is 10.1 Å². The SMILES string of the molecule is CCOc1c(C)nc(C)c(C(=O)Nc2c(CC)cccc2CC)c1Br. The monoisotopic (exact) mass is 404 g/mol. The fourth-order valence-electron chi connectivity index (χ4n) is 2.94. The van der Waals surface area contributed by atoms with E-state index in [0.717, 1.165) is 35.3 Å². The molecule has 0 unspecified atom stereocenters. The van der Waals surface area contributed by atoms with Crippen LogP contribution in [-0.2, 0) is 12.8 Å². The molecule has 1 amide bonds. The number of aryl methyl sites for hydroxylation is 4. The van der Waals surface area contributed by atoms with Gasteiger partial charge in [0.2, 0.25) is 0 Å². The first-order valence-corrected chi connectivity index (χ1v) is 9.45. The standard InChI is InChI=1S/C20H25BrN2O2/c1-6-14-10-9-11-15(7-2)18(14)23-20(24)16-12(4)22-13(5)19(17(16)21)25-8-3/h9-11H,6-8H2,1-5H3,(H,23,24). The van der Waals surface area contributed by atoms with E-state index >= 15 is 0 Å². The first-order chi connectivity index (χ1) is 11.9. The molecule has 2 aromatic rings. The Hall–Kier alpha value is -1.88. The molecule has 1 aromatic carbocycles. The first kappa shape index (κ1) is 19.4. The maximum Gasteiger partial charge on any atom is 0.258 e. The Morgan fingerprint density at radius 2 is 1.72 bits per heavy atom. The van der Waals surface area contributed by atoms with Gasteiger partial charge in [-0.25, -0.2) is 0 Å². The van der Waals surface area contributed by atoms with Gasteiger partial charge in [0.25, 0.3) is 5.91 Å². The van der Waals surface area contributed by atoms with Crippen LogP contribution in [-0.4, -0.2) is 17.5 Å². The molecule has 0 radical (unpaired) electrons. The van der Waals surface area contributed by atoms with Crippen LogP contribution in [0.3, 0.4) is 0 Å². The highest BCUT2D eigenvalue weighted by Gasteiger charge is 2.22. The molecule has 1 heterocycles. The predicted molar refractivity (Wildman–Crippen MR) is 106 cm³/mol. The molecule has 4 nitrogen and oxygen atoms in total. The van der Waals surface area contributed by atoms with Crippen molar-refractivity contribution in [2.45, 2.75) is 47.5 Å². The van der Waals surface area contributed by atoms with Crippen molar-refractivity contribution in [3.05, 3.63) is 50.8 Å². The number of pyridine rings is 1. The minimum atomic E-state index is -0.173. The lowest BCUT2D eigenvalue weighted by Gasteiger charge is -2.18. The third-order valence-corrected chi connectivity index (χ3v) is 4.95. The topological polar surface area (TPSA) is 51.2 Å². The Kier molecular flexibility index (Phi) is 6.59. The zero-order chi connectivity index (χ0) is 18.6. The molecule has 0 bridgehead atoms. The number of hydrogen-bond donors (Lipinski definition) is 1. The molecule has 1 aromatic heterocycles. The summed E-state index contributed by atoms with van der Waals surface area (Å²) in [5, 5.41) is 3.10. The van der Waals surface area contributed by atoms with Crippen LogP contribution in [0.5, 0.6) is 5.75 Å². The number of aromatic nitrogens is 1. The van der Waals surface area contributed by atoms with Gasteiger partial charge in [0.15, 0.2) is 5.75 Å². The van der Waals surface area contributed by atoms with E-state index in [1.54, 1.807) is 0 Å². The fraction of sp³-hybridized carbons (Fsp3) is 0.400. The first-order valence-electron chi connectivity index (χ1n) is 8.66. The van der Waals surface area contributed by atoms with Gasteiger partial charge in [0.05, 0.1) is 28.0 Å². The number of hydrogen-bond acceptors (Lipinski definition) is 3. The number of nitrogens with zero attached hydrogens (tertiary/aromatic N) is 1. The van der Waals surface area contributed by atoms with E-state index in [1.165, 1.54) is 0 Å². The maximum atomic E-state index is 13.0. The van der Waals surface area contributed by atoms with Gasteiger partial charge in [-0.05, 0) is 60.7 Å². The van der Waals surface area contributed by atoms with Crippen molar-refractivity contribution in [3.8, 4) is 5.75 Å². The van der Waals surface area contributed by atoms with Crippen molar-refractivity contribution in [3.63, 3.8) is 0 Å². The van der Waals surface area contributed by atoms with E-state index < -0.39 is 0 Å². The van der Waals surface area contributed by atoms with E-state index in [9.17, 15) is 4.79 Å². The highest BCUT2D eigenvalue weighted by molar-refractivity contribution is 9.10. The minimum absolute atomic E-state index is 0.173. The lowest BCUT2D eigenvalue weighted by atomic mass is 10.0. The lowest BCUT2D eigenvalue weighted by Crippen LogP contribution is -2.18. The van der Waals surface area contributed by atoms with Crippen LogP contribution in [0.4, 0.5) is 5.69 Å². The number of anilines is 1. The maximum absolute atomic E-state index is 13.0. The molecule has 0 aliphatic carbocycles. The van der Waals surface area contributed by atoms with Crippen LogP contribution in [0.2, 0.25) is 0 Å². The Balaban J connectivity index is 2.48. The molecule has 25 heavy (non-hydrogen) atoms. The summed E-state index contributed by atoms with van der Waals surface area (Å²) < 4.78 is 6.32. The Bertz CT molecular complexity index is 766. The third kappa shape index (κ3) is 4.03. The number of nitrogens with one attached hydrogen (secondary N) is 1. The van der Waals surface area contributed by atoms with Crippen molar-refractivity contribution in [1.29, 1.82) is 0 Å². The van der Waals surface area contributed by atoms with Crippen LogP contribution in [0.25, 0.3) is 0 Å². The van der Waals surface area contributed by atoms with Gasteiger partial charge >= 0.3 is 0 Å². The molecule has 0 spiro atoms. The molecule has 0 aliphatic heterocycles. The highest BCUT2D eigenvalue weighted by atomic mass is 79.9. The van der Waals surface area contributed by atoms with Crippen LogP contribution < -0.4 is 10.1 Å². The molecule has 0 fully saturated rings. The number of ether oxygens (including phenoxy) is 1. The normalized spacial score (nSPS) is 10.6. The average Bonchev–Trinajstić information content (AvgIpc) is 2.58. The van der Waals surface area contributed by atoms with Crippen molar-refractivity contribution in [2.75, 3.05) is 11.9 Å². The smallest absolute Gasteiger partial charge is 0.258 e. The number of para-hydroxylation sites is 1. The molecule has 2 rings (SSSR count). The van der Waals surface area contributed by atoms with Crippen LogP contribution in [0.15, 0.2) is 22.7 Å². The van der Waals surface area contributed by atoms with Crippen LogP contribution in [0, 0.1) is 13.8 Å². The number of rotatable bonds is 6. The van der Waals surface area contributed by atoms with Crippen molar-refractivity contribution < 1.29 is 9.53 Å². The summed E-state index contributed by atoms with van der Waals surface area (Å²) in [6.07, 6.45) is 1.72. The molecule has 0 saturated heterocycles. The highest BCUT2D eigenvalue weighted by Crippen LogP contribution is 2.34. The zero-order valence-corrected chi connectivity index (χ0v) is 17.1. The second-order valence-electron chi connectivity index (χ2n) is 5.85. The Morgan fingerprint density at radius 3 is 2.24 bits per heavy atom. The molecule has 1 N–H and O–H groups in total. The molecule has 0 saturated carbocycles. The zero-order valence-electron chi connectivity index (χ0n) is 15.5. The summed E-state index contributed by atoms with van der Waals surface area (Å²) in [6.45, 7) is 10.3. The molecule has 5 heteroatoms. The van der Waals surface area contributed by atoms with Gasteiger partial charge in [-0.3, -0.25) is 9.78 Å². The Morgan fingerprint density at radius 1 is 1.12 bits per heavy atom. The van der Waals surface area contributed by atoms with E-state index in [4.69, 9.17) is 4.74 Å². The quantitative estimate of drug-likeness (QED) is 0.716. The van der Waals surface area contributed by atoms with Crippen LogP contribution in [0.1, 0.15) is 53.6 Å². The Labute approximate surface area is 158 Å². The minimum Gasteiger partial charge on any atom is -0.491 e. The average molecular weight is 405 g/mol. The molecule has 0 aliphatic rings. The molecular weight excluding hydrogens is 380 g/mol. The molecule has 0 atom stereocenters. The van der Waals surface area contributed by atoms with Gasteiger partial charge in [0, 0.05) is 5.69 Å². The summed E-state index contributed by atoms with van der Waals surface area (Å²) in [7, 11) is 0. The van der Waals surface area contributed by atoms with Gasteiger partial charge in [-0.1, -0.05) is 32.0 Å². The second-order valence-corrected chi connectivity index (χ2v) is 6.64. The van der Waals surface area contributed by atoms with Crippen molar-refractivity contribution in [2.24, 2.45) is 0 Å². The van der Waals surface area contributed by atoms with Crippen molar-refractivity contribution >= 4 is 27.5 Å². The van der Waals surface area contributed by atoms with E-state index in [1.807, 2.05) is 26.8 Å². The van der Waals surface area contributed by atoms with Crippen LogP contribution >= 0.6 is 15.9 Å².